The molecule has 0 aromatic carbocycles. The fourth-order valence-corrected chi connectivity index (χ4v) is 1.95. The van der Waals surface area contributed by atoms with Crippen molar-refractivity contribution in [2.45, 2.75) is 31.5 Å². The SMILES string of the molecule is C[C@@H](NC(=O)C1CC(O)CN1)c1cccnc1. The number of nitrogens with one attached hydrogen (secondary N) is 2. The molecule has 2 unspecified atom stereocenters. The molecule has 1 saturated heterocycles. The van der Waals surface area contributed by atoms with Crippen molar-refractivity contribution in [1.29, 1.82) is 0 Å². The smallest absolute Gasteiger partial charge is 0.237 e. The van der Waals surface area contributed by atoms with Crippen LogP contribution in [-0.2, 0) is 4.79 Å². The van der Waals surface area contributed by atoms with E-state index in [1.54, 1.807) is 12.4 Å². The minimum atomic E-state index is -0.417. The van der Waals surface area contributed by atoms with Gasteiger partial charge in [-0.05, 0) is 25.0 Å². The van der Waals surface area contributed by atoms with Crippen LogP contribution in [0, 0.1) is 0 Å². The number of aliphatic hydroxyl groups is 1. The molecular formula is C12H17N3O2. The molecular weight excluding hydrogens is 218 g/mol. The second-order valence-electron chi connectivity index (χ2n) is 4.37. The third kappa shape index (κ3) is 3.01. The van der Waals surface area contributed by atoms with Gasteiger partial charge in [0.1, 0.15) is 0 Å². The number of hydrogen-bond acceptors (Lipinski definition) is 4. The number of nitrogens with zero attached hydrogens (tertiary/aromatic N) is 1. The Balaban J connectivity index is 1.91. The molecule has 1 amide bonds. The zero-order valence-corrected chi connectivity index (χ0v) is 9.76. The van der Waals surface area contributed by atoms with E-state index < -0.39 is 6.10 Å². The Bertz CT molecular complexity index is 383. The fourth-order valence-electron chi connectivity index (χ4n) is 1.95. The van der Waals surface area contributed by atoms with E-state index in [1.165, 1.54) is 0 Å². The number of aliphatic hydroxyl groups excluding tert-OH is 1. The molecule has 17 heavy (non-hydrogen) atoms. The van der Waals surface area contributed by atoms with Crippen LogP contribution in [0.4, 0.5) is 0 Å². The molecule has 0 saturated carbocycles. The molecule has 5 heteroatoms. The summed E-state index contributed by atoms with van der Waals surface area (Å²) in [6.45, 7) is 2.40. The first-order chi connectivity index (χ1) is 8.16. The Morgan fingerprint density at radius 1 is 1.71 bits per heavy atom. The van der Waals surface area contributed by atoms with Gasteiger partial charge in [-0.25, -0.2) is 0 Å². The summed E-state index contributed by atoms with van der Waals surface area (Å²) in [6, 6.07) is 3.41. The lowest BCUT2D eigenvalue weighted by Gasteiger charge is -2.17. The third-order valence-electron chi connectivity index (χ3n) is 2.97. The molecule has 1 aliphatic rings. The highest BCUT2D eigenvalue weighted by molar-refractivity contribution is 5.82. The number of aromatic nitrogens is 1. The number of amides is 1. The van der Waals surface area contributed by atoms with Crippen molar-refractivity contribution >= 4 is 5.91 Å². The second kappa shape index (κ2) is 5.25. The van der Waals surface area contributed by atoms with Gasteiger partial charge < -0.3 is 15.7 Å². The first-order valence-corrected chi connectivity index (χ1v) is 5.78. The van der Waals surface area contributed by atoms with Crippen molar-refractivity contribution < 1.29 is 9.90 Å². The summed E-state index contributed by atoms with van der Waals surface area (Å²) in [5, 5.41) is 15.2. The standard InChI is InChI=1S/C12H17N3O2/c1-8(9-3-2-4-13-6-9)15-12(17)11-5-10(16)7-14-11/h2-4,6,8,10-11,14,16H,5,7H2,1H3,(H,15,17)/t8-,10?,11?/m1/s1. The number of carbonyl (C=O) groups is 1. The van der Waals surface area contributed by atoms with Crippen LogP contribution < -0.4 is 10.6 Å². The molecule has 1 aromatic rings. The van der Waals surface area contributed by atoms with Crippen LogP contribution in [0.1, 0.15) is 24.9 Å². The molecule has 0 radical (unpaired) electrons. The van der Waals surface area contributed by atoms with E-state index in [9.17, 15) is 9.90 Å². The Morgan fingerprint density at radius 3 is 3.12 bits per heavy atom. The summed E-state index contributed by atoms with van der Waals surface area (Å²) in [6.07, 6.45) is 3.50. The van der Waals surface area contributed by atoms with Crippen molar-refractivity contribution in [2.75, 3.05) is 6.54 Å². The highest BCUT2D eigenvalue weighted by Gasteiger charge is 2.28. The molecule has 1 aliphatic heterocycles. The largest absolute Gasteiger partial charge is 0.392 e. The summed E-state index contributed by atoms with van der Waals surface area (Å²) >= 11 is 0. The maximum Gasteiger partial charge on any atom is 0.237 e. The fraction of sp³-hybridized carbons (Fsp3) is 0.500. The molecule has 92 valence electrons. The zero-order chi connectivity index (χ0) is 12.3. The molecule has 2 rings (SSSR count). The van der Waals surface area contributed by atoms with Crippen LogP contribution in [0.15, 0.2) is 24.5 Å². The maximum absolute atomic E-state index is 11.9. The van der Waals surface area contributed by atoms with Crippen molar-refractivity contribution in [1.82, 2.24) is 15.6 Å². The number of pyridine rings is 1. The van der Waals surface area contributed by atoms with E-state index in [1.807, 2.05) is 19.1 Å². The number of hydrogen-bond donors (Lipinski definition) is 3. The Labute approximate surface area is 100 Å². The van der Waals surface area contributed by atoms with E-state index in [0.717, 1.165) is 5.56 Å². The first kappa shape index (κ1) is 12.0. The maximum atomic E-state index is 11.9. The van der Waals surface area contributed by atoms with Gasteiger partial charge in [0.25, 0.3) is 0 Å². The van der Waals surface area contributed by atoms with Crippen LogP contribution in [0.5, 0.6) is 0 Å². The average molecular weight is 235 g/mol. The van der Waals surface area contributed by atoms with Gasteiger partial charge in [-0.15, -0.1) is 0 Å². The zero-order valence-electron chi connectivity index (χ0n) is 9.76. The van der Waals surface area contributed by atoms with Gasteiger partial charge in [0.2, 0.25) is 5.91 Å². The Morgan fingerprint density at radius 2 is 2.53 bits per heavy atom. The molecule has 0 spiro atoms. The van der Waals surface area contributed by atoms with Crippen molar-refractivity contribution in [3.05, 3.63) is 30.1 Å². The highest BCUT2D eigenvalue weighted by atomic mass is 16.3. The Kier molecular flexibility index (Phi) is 3.71. The van der Waals surface area contributed by atoms with Gasteiger partial charge in [-0.2, -0.15) is 0 Å². The molecule has 2 heterocycles. The Hall–Kier alpha value is -1.46. The van der Waals surface area contributed by atoms with Gasteiger partial charge in [0, 0.05) is 18.9 Å². The number of β-amino-alcohol motifs (C(OH)–C–C–N with tert-alkyl or cyclic N) is 1. The quantitative estimate of drug-likeness (QED) is 0.688. The highest BCUT2D eigenvalue weighted by Crippen LogP contribution is 2.12. The van der Waals surface area contributed by atoms with E-state index in [0.29, 0.717) is 13.0 Å². The van der Waals surface area contributed by atoms with Crippen LogP contribution in [-0.4, -0.2) is 34.7 Å². The summed E-state index contributed by atoms with van der Waals surface area (Å²) in [5.41, 5.74) is 0.972. The van der Waals surface area contributed by atoms with E-state index in [4.69, 9.17) is 0 Å². The van der Waals surface area contributed by atoms with Crippen LogP contribution in [0.2, 0.25) is 0 Å². The lowest BCUT2D eigenvalue weighted by atomic mass is 10.1. The third-order valence-corrected chi connectivity index (χ3v) is 2.97. The second-order valence-corrected chi connectivity index (χ2v) is 4.37. The van der Waals surface area contributed by atoms with Gasteiger partial charge in [-0.1, -0.05) is 6.07 Å². The van der Waals surface area contributed by atoms with Crippen LogP contribution >= 0.6 is 0 Å². The molecule has 5 nitrogen and oxygen atoms in total. The minimum absolute atomic E-state index is 0.0714. The molecule has 3 atom stereocenters. The lowest BCUT2D eigenvalue weighted by molar-refractivity contribution is -0.123. The van der Waals surface area contributed by atoms with Gasteiger partial charge >= 0.3 is 0 Å². The molecule has 1 fully saturated rings. The van der Waals surface area contributed by atoms with Gasteiger partial charge in [0.05, 0.1) is 18.2 Å². The minimum Gasteiger partial charge on any atom is -0.392 e. The van der Waals surface area contributed by atoms with Crippen LogP contribution in [0.3, 0.4) is 0 Å². The molecule has 0 aliphatic carbocycles. The summed E-state index contributed by atoms with van der Waals surface area (Å²) in [5.74, 6) is -0.0714. The normalized spacial score (nSPS) is 25.5. The monoisotopic (exact) mass is 235 g/mol. The average Bonchev–Trinajstić information content (AvgIpc) is 2.77. The predicted molar refractivity (Wildman–Crippen MR) is 63.2 cm³/mol. The molecule has 1 aromatic heterocycles. The van der Waals surface area contributed by atoms with Crippen molar-refractivity contribution in [3.8, 4) is 0 Å². The van der Waals surface area contributed by atoms with E-state index in [-0.39, 0.29) is 18.0 Å². The predicted octanol–water partition coefficient (Wildman–Crippen LogP) is -0.0184. The first-order valence-electron chi connectivity index (χ1n) is 5.78. The van der Waals surface area contributed by atoms with Crippen molar-refractivity contribution in [2.24, 2.45) is 0 Å². The van der Waals surface area contributed by atoms with E-state index >= 15 is 0 Å². The summed E-state index contributed by atoms with van der Waals surface area (Å²) < 4.78 is 0. The summed E-state index contributed by atoms with van der Waals surface area (Å²) in [4.78, 5) is 15.9. The van der Waals surface area contributed by atoms with Gasteiger partial charge in [0.15, 0.2) is 0 Å². The van der Waals surface area contributed by atoms with Gasteiger partial charge in [-0.3, -0.25) is 9.78 Å². The topological polar surface area (TPSA) is 74.2 Å². The lowest BCUT2D eigenvalue weighted by Crippen LogP contribution is -2.41. The van der Waals surface area contributed by atoms with Crippen LogP contribution in [0.25, 0.3) is 0 Å². The van der Waals surface area contributed by atoms with E-state index in [2.05, 4.69) is 15.6 Å². The van der Waals surface area contributed by atoms with Crippen molar-refractivity contribution in [3.63, 3.8) is 0 Å². The number of rotatable bonds is 3. The number of carbonyl (C=O) groups excluding carboxylic acids is 1. The molecule has 0 bridgehead atoms. The molecule has 3 N–H and O–H groups in total. The summed E-state index contributed by atoms with van der Waals surface area (Å²) in [7, 11) is 0.